The summed E-state index contributed by atoms with van der Waals surface area (Å²) in [6, 6.07) is 16.5. The zero-order chi connectivity index (χ0) is 17.9. The van der Waals surface area contributed by atoms with E-state index in [1.54, 1.807) is 0 Å². The summed E-state index contributed by atoms with van der Waals surface area (Å²) in [4.78, 5) is 2.48. The van der Waals surface area contributed by atoms with E-state index in [4.69, 9.17) is 11.6 Å². The Morgan fingerprint density at radius 2 is 1.85 bits per heavy atom. The maximum absolute atomic E-state index is 6.02. The first-order chi connectivity index (χ1) is 12.7. The Bertz CT molecular complexity index is 894. The Balaban J connectivity index is 1.69. The minimum Gasteiger partial charge on any atom is -0.364 e. The van der Waals surface area contributed by atoms with Crippen molar-refractivity contribution in [2.45, 2.75) is 25.8 Å². The van der Waals surface area contributed by atoms with Crippen molar-refractivity contribution >= 4 is 28.2 Å². The predicted molar refractivity (Wildman–Crippen MR) is 109 cm³/mol. The fourth-order valence-corrected chi connectivity index (χ4v) is 3.81. The lowest BCUT2D eigenvalue weighted by Crippen LogP contribution is -2.42. The van der Waals surface area contributed by atoms with E-state index in [-0.39, 0.29) is 0 Å². The van der Waals surface area contributed by atoms with Crippen LogP contribution in [0.15, 0.2) is 48.5 Å². The van der Waals surface area contributed by atoms with Crippen molar-refractivity contribution in [3.63, 3.8) is 0 Å². The van der Waals surface area contributed by atoms with E-state index >= 15 is 0 Å². The van der Waals surface area contributed by atoms with Crippen LogP contribution in [-0.4, -0.2) is 40.8 Å². The number of nitrogens with zero attached hydrogens (tertiary/aromatic N) is 3. The van der Waals surface area contributed by atoms with Crippen LogP contribution >= 0.6 is 11.6 Å². The monoisotopic (exact) mass is 366 g/mol. The molecule has 1 saturated heterocycles. The second-order valence-corrected chi connectivity index (χ2v) is 7.26. The lowest BCUT2D eigenvalue weighted by molar-refractivity contribution is 0.226. The molecule has 1 unspecified atom stereocenters. The third-order valence-electron chi connectivity index (χ3n) is 5.10. The summed E-state index contributed by atoms with van der Waals surface area (Å²) in [5.74, 6) is 0.876. The quantitative estimate of drug-likeness (QED) is 0.716. The molecule has 0 bridgehead atoms. The topological polar surface area (TPSA) is 41.0 Å². The van der Waals surface area contributed by atoms with Gasteiger partial charge in [0.1, 0.15) is 5.69 Å². The SMILES string of the molecule is CCN1CCCC(Nc2nnc(-c3ccc(Cl)cc3)c3ccccc23)C1. The molecule has 4 rings (SSSR count). The smallest absolute Gasteiger partial charge is 0.156 e. The molecule has 1 fully saturated rings. The summed E-state index contributed by atoms with van der Waals surface area (Å²) in [5, 5.41) is 15.7. The van der Waals surface area contributed by atoms with Crippen molar-refractivity contribution in [3.8, 4) is 11.3 Å². The average Bonchev–Trinajstić information content (AvgIpc) is 2.69. The number of anilines is 1. The Morgan fingerprint density at radius 3 is 2.62 bits per heavy atom. The number of likely N-dealkylation sites (tertiary alicyclic amines) is 1. The first-order valence-corrected chi connectivity index (χ1v) is 9.62. The van der Waals surface area contributed by atoms with Crippen LogP contribution in [0.25, 0.3) is 22.0 Å². The molecule has 0 aliphatic carbocycles. The number of aromatic nitrogens is 2. The number of likely N-dealkylation sites (N-methyl/N-ethyl adjacent to an activating group) is 1. The molecule has 3 aromatic rings. The number of fused-ring (bicyclic) bond motifs is 1. The maximum atomic E-state index is 6.02. The Kier molecular flexibility index (Phi) is 5.05. The molecule has 1 N–H and O–H groups in total. The zero-order valence-corrected chi connectivity index (χ0v) is 15.7. The van der Waals surface area contributed by atoms with E-state index < -0.39 is 0 Å². The Hall–Kier alpha value is -2.17. The van der Waals surface area contributed by atoms with Crippen molar-refractivity contribution in [2.24, 2.45) is 0 Å². The van der Waals surface area contributed by atoms with E-state index in [0.717, 1.165) is 46.0 Å². The number of piperidine rings is 1. The second-order valence-electron chi connectivity index (χ2n) is 6.83. The highest BCUT2D eigenvalue weighted by Gasteiger charge is 2.20. The van der Waals surface area contributed by atoms with Crippen molar-refractivity contribution in [2.75, 3.05) is 25.0 Å². The van der Waals surface area contributed by atoms with Crippen LogP contribution in [0.2, 0.25) is 5.02 Å². The second kappa shape index (κ2) is 7.60. The molecule has 0 radical (unpaired) electrons. The first kappa shape index (κ1) is 17.3. The van der Waals surface area contributed by atoms with Gasteiger partial charge in [-0.2, -0.15) is 0 Å². The molecule has 1 atom stereocenters. The van der Waals surface area contributed by atoms with E-state index in [2.05, 4.69) is 45.5 Å². The van der Waals surface area contributed by atoms with Gasteiger partial charge in [-0.05, 0) is 38.1 Å². The van der Waals surface area contributed by atoms with Gasteiger partial charge in [-0.25, -0.2) is 0 Å². The number of rotatable bonds is 4. The van der Waals surface area contributed by atoms with Crippen molar-refractivity contribution in [1.29, 1.82) is 0 Å². The molecule has 4 nitrogen and oxygen atoms in total. The number of hydrogen-bond donors (Lipinski definition) is 1. The van der Waals surface area contributed by atoms with Crippen molar-refractivity contribution in [3.05, 3.63) is 53.6 Å². The molecule has 2 heterocycles. The fourth-order valence-electron chi connectivity index (χ4n) is 3.69. The number of nitrogens with one attached hydrogen (secondary N) is 1. The summed E-state index contributed by atoms with van der Waals surface area (Å²) in [5.41, 5.74) is 1.92. The molecular formula is C21H23ClN4. The Morgan fingerprint density at radius 1 is 1.08 bits per heavy atom. The minimum absolute atomic E-state index is 0.419. The minimum atomic E-state index is 0.419. The molecular weight excluding hydrogens is 344 g/mol. The van der Waals surface area contributed by atoms with Crippen LogP contribution in [0.4, 0.5) is 5.82 Å². The van der Waals surface area contributed by atoms with E-state index in [9.17, 15) is 0 Å². The van der Waals surface area contributed by atoms with Gasteiger partial charge in [-0.15, -0.1) is 10.2 Å². The third kappa shape index (κ3) is 3.53. The van der Waals surface area contributed by atoms with Gasteiger partial charge in [0, 0.05) is 33.9 Å². The summed E-state index contributed by atoms with van der Waals surface area (Å²) >= 11 is 6.02. The standard InChI is InChI=1S/C21H23ClN4/c1-2-26-13-5-6-17(14-26)23-21-19-8-4-3-7-18(19)20(24-25-21)15-9-11-16(22)12-10-15/h3-4,7-12,17H,2,5-6,13-14H2,1H3,(H,23,25). The van der Waals surface area contributed by atoms with Crippen LogP contribution in [0.3, 0.4) is 0 Å². The molecule has 0 saturated carbocycles. The van der Waals surface area contributed by atoms with Crippen LogP contribution in [-0.2, 0) is 0 Å². The van der Waals surface area contributed by atoms with Gasteiger partial charge in [0.2, 0.25) is 0 Å². The predicted octanol–water partition coefficient (Wildman–Crippen LogP) is 4.85. The number of hydrogen-bond acceptors (Lipinski definition) is 4. The first-order valence-electron chi connectivity index (χ1n) is 9.25. The van der Waals surface area contributed by atoms with Gasteiger partial charge in [-0.1, -0.05) is 54.9 Å². The molecule has 0 spiro atoms. The van der Waals surface area contributed by atoms with Crippen LogP contribution in [0, 0.1) is 0 Å². The lowest BCUT2D eigenvalue weighted by Gasteiger charge is -2.32. The molecule has 26 heavy (non-hydrogen) atoms. The van der Waals surface area contributed by atoms with E-state index in [1.165, 1.54) is 19.4 Å². The average molecular weight is 367 g/mol. The van der Waals surface area contributed by atoms with Gasteiger partial charge in [0.15, 0.2) is 5.82 Å². The molecule has 0 amide bonds. The zero-order valence-electron chi connectivity index (χ0n) is 15.0. The molecule has 1 aliphatic rings. The van der Waals surface area contributed by atoms with Crippen molar-refractivity contribution in [1.82, 2.24) is 15.1 Å². The highest BCUT2D eigenvalue weighted by atomic mass is 35.5. The van der Waals surface area contributed by atoms with Crippen molar-refractivity contribution < 1.29 is 0 Å². The van der Waals surface area contributed by atoms with Gasteiger partial charge >= 0.3 is 0 Å². The summed E-state index contributed by atoms with van der Waals surface area (Å²) in [6.45, 7) is 5.57. The molecule has 134 valence electrons. The normalized spacial score (nSPS) is 18.2. The van der Waals surface area contributed by atoms with Gasteiger partial charge < -0.3 is 10.2 Å². The summed E-state index contributed by atoms with van der Waals surface area (Å²) in [6.07, 6.45) is 2.39. The molecule has 5 heteroatoms. The van der Waals surface area contributed by atoms with E-state index in [0.29, 0.717) is 6.04 Å². The fraction of sp³-hybridized carbons (Fsp3) is 0.333. The molecule has 2 aromatic carbocycles. The van der Waals surface area contributed by atoms with Gasteiger partial charge in [-0.3, -0.25) is 0 Å². The number of halogens is 1. The summed E-state index contributed by atoms with van der Waals surface area (Å²) in [7, 11) is 0. The number of benzene rings is 2. The van der Waals surface area contributed by atoms with Crippen LogP contribution in [0.5, 0.6) is 0 Å². The van der Waals surface area contributed by atoms with Crippen LogP contribution in [0.1, 0.15) is 19.8 Å². The lowest BCUT2D eigenvalue weighted by atomic mass is 10.0. The molecule has 1 aliphatic heterocycles. The van der Waals surface area contributed by atoms with Crippen LogP contribution < -0.4 is 5.32 Å². The largest absolute Gasteiger partial charge is 0.364 e. The van der Waals surface area contributed by atoms with E-state index in [1.807, 2.05) is 30.3 Å². The summed E-state index contributed by atoms with van der Waals surface area (Å²) < 4.78 is 0. The highest BCUT2D eigenvalue weighted by molar-refractivity contribution is 6.30. The van der Waals surface area contributed by atoms with Gasteiger partial charge in [0.05, 0.1) is 0 Å². The molecule has 1 aromatic heterocycles. The third-order valence-corrected chi connectivity index (χ3v) is 5.35. The Labute approximate surface area is 159 Å². The highest BCUT2D eigenvalue weighted by Crippen LogP contribution is 2.31. The maximum Gasteiger partial charge on any atom is 0.156 e. The van der Waals surface area contributed by atoms with Gasteiger partial charge in [0.25, 0.3) is 0 Å².